The van der Waals surface area contributed by atoms with Crippen molar-refractivity contribution in [2.75, 3.05) is 12.4 Å². The highest BCUT2D eigenvalue weighted by Gasteiger charge is 2.45. The van der Waals surface area contributed by atoms with Crippen LogP contribution in [0.1, 0.15) is 29.2 Å². The van der Waals surface area contributed by atoms with E-state index in [0.717, 1.165) is 6.07 Å². The van der Waals surface area contributed by atoms with Crippen LogP contribution in [0.4, 0.5) is 14.5 Å². The molecule has 0 bridgehead atoms. The number of nitrogens with one attached hydrogen (secondary N) is 3. The third kappa shape index (κ3) is 5.63. The smallest absolute Gasteiger partial charge is 0.307 e. The lowest BCUT2D eigenvalue weighted by Crippen LogP contribution is -2.04. The van der Waals surface area contributed by atoms with Gasteiger partial charge in [-0.25, -0.2) is 8.78 Å². The molecule has 1 fully saturated rings. The zero-order valence-corrected chi connectivity index (χ0v) is 19.4. The number of aromatic nitrogens is 1. The molecule has 9 heteroatoms. The van der Waals surface area contributed by atoms with Crippen LogP contribution in [0.2, 0.25) is 0 Å². The van der Waals surface area contributed by atoms with Gasteiger partial charge >= 0.3 is 5.97 Å². The predicted octanol–water partition coefficient (Wildman–Crippen LogP) is 5.37. The maximum absolute atomic E-state index is 14.6. The summed E-state index contributed by atoms with van der Waals surface area (Å²) in [4.78, 5) is 15.4. The van der Waals surface area contributed by atoms with Crippen LogP contribution in [0, 0.1) is 28.4 Å². The molecule has 184 valence electrons. The summed E-state index contributed by atoms with van der Waals surface area (Å²) in [5.74, 6) is -2.73. The number of carboxylic acids is 1. The molecule has 36 heavy (non-hydrogen) atoms. The number of methoxy groups -OCH3 is 1. The highest BCUT2D eigenvalue weighted by molar-refractivity contribution is 6.09. The number of hydrogen-bond acceptors (Lipinski definition) is 6. The molecule has 0 amide bonds. The topological polar surface area (TPSA) is 119 Å². The summed E-state index contributed by atoms with van der Waals surface area (Å²) in [6.45, 7) is 0.0975. The maximum atomic E-state index is 14.6. The van der Waals surface area contributed by atoms with Crippen molar-refractivity contribution in [3.8, 4) is 11.1 Å². The average Bonchev–Trinajstić information content (AvgIpc) is 3.68. The van der Waals surface area contributed by atoms with E-state index in [1.165, 1.54) is 25.3 Å². The van der Waals surface area contributed by atoms with Crippen molar-refractivity contribution < 1.29 is 23.4 Å². The number of pyridine rings is 1. The minimum Gasteiger partial charge on any atom is -0.481 e. The first-order valence-electron chi connectivity index (χ1n) is 11.2. The maximum Gasteiger partial charge on any atom is 0.307 e. The Labute approximate surface area is 206 Å². The lowest BCUT2D eigenvalue weighted by Gasteiger charge is -2.11. The van der Waals surface area contributed by atoms with Gasteiger partial charge < -0.3 is 20.6 Å². The minimum absolute atomic E-state index is 0.0707. The molecule has 1 aliphatic carbocycles. The van der Waals surface area contributed by atoms with Gasteiger partial charge in [0.2, 0.25) is 5.90 Å². The van der Waals surface area contributed by atoms with E-state index < -0.39 is 17.6 Å². The molecule has 1 heterocycles. The highest BCUT2D eigenvalue weighted by atomic mass is 19.1. The van der Waals surface area contributed by atoms with Crippen molar-refractivity contribution >= 4 is 23.3 Å². The molecule has 0 spiro atoms. The minimum atomic E-state index is -0.820. The number of carbonyl (C=O) groups is 1. The molecular formula is C27H24F2N4O3. The molecule has 0 unspecified atom stereocenters. The zero-order valence-electron chi connectivity index (χ0n) is 19.4. The average molecular weight is 491 g/mol. The number of allylic oxidation sites excluding steroid dienone is 1. The lowest BCUT2D eigenvalue weighted by atomic mass is 9.99. The second-order valence-corrected chi connectivity index (χ2v) is 8.43. The highest BCUT2D eigenvalue weighted by Crippen LogP contribution is 2.46. The number of aliphatic carboxylic acids is 1. The second-order valence-electron chi connectivity index (χ2n) is 8.43. The van der Waals surface area contributed by atoms with Crippen molar-refractivity contribution in [3.63, 3.8) is 0 Å². The van der Waals surface area contributed by atoms with Gasteiger partial charge in [-0.3, -0.25) is 15.2 Å². The van der Waals surface area contributed by atoms with Crippen molar-refractivity contribution in [1.29, 1.82) is 10.8 Å². The Morgan fingerprint density at radius 3 is 2.50 bits per heavy atom. The predicted molar refractivity (Wildman–Crippen MR) is 133 cm³/mol. The van der Waals surface area contributed by atoms with Crippen molar-refractivity contribution in [3.05, 3.63) is 95.3 Å². The number of ether oxygens (including phenoxy) is 1. The largest absolute Gasteiger partial charge is 0.481 e. The summed E-state index contributed by atoms with van der Waals surface area (Å²) in [6, 6.07) is 12.4. The van der Waals surface area contributed by atoms with Gasteiger partial charge in [-0.15, -0.1) is 0 Å². The number of carboxylic acid groups (broad SMARTS) is 1. The third-order valence-electron chi connectivity index (χ3n) is 6.02. The Balaban J connectivity index is 1.45. The SMILES string of the molecule is COC(=N)/C=C\C(=N)c1ccc(-c2cc(CNc3ccc([C@H]4C[C@@H]4C(=O)O)nc3)c(F)cc2F)cc1. The second kappa shape index (κ2) is 10.5. The number of benzene rings is 2. The Bertz CT molecular complexity index is 1340. The molecule has 2 atom stereocenters. The molecule has 4 N–H and O–H groups in total. The fourth-order valence-corrected chi connectivity index (χ4v) is 3.82. The first kappa shape index (κ1) is 24.7. The Kier molecular flexibility index (Phi) is 7.19. The van der Waals surface area contributed by atoms with E-state index in [4.69, 9.17) is 20.7 Å². The van der Waals surface area contributed by atoms with E-state index in [1.807, 2.05) is 0 Å². The van der Waals surface area contributed by atoms with Gasteiger partial charge in [-0.2, -0.15) is 0 Å². The van der Waals surface area contributed by atoms with E-state index in [0.29, 0.717) is 28.9 Å². The Morgan fingerprint density at radius 1 is 1.14 bits per heavy atom. The number of anilines is 1. The van der Waals surface area contributed by atoms with Crippen molar-refractivity contribution in [2.45, 2.75) is 18.9 Å². The Morgan fingerprint density at radius 2 is 1.89 bits per heavy atom. The number of nitrogens with zero attached hydrogens (tertiary/aromatic N) is 1. The van der Waals surface area contributed by atoms with Crippen molar-refractivity contribution in [2.24, 2.45) is 5.92 Å². The molecule has 0 aliphatic heterocycles. The van der Waals surface area contributed by atoms with E-state index in [2.05, 4.69) is 10.3 Å². The van der Waals surface area contributed by atoms with Crippen LogP contribution in [-0.4, -0.2) is 34.8 Å². The van der Waals surface area contributed by atoms with Gasteiger partial charge in [0.25, 0.3) is 0 Å². The molecule has 2 aromatic carbocycles. The fourth-order valence-electron chi connectivity index (χ4n) is 3.82. The van der Waals surface area contributed by atoms with Crippen LogP contribution in [0.25, 0.3) is 11.1 Å². The summed E-state index contributed by atoms with van der Waals surface area (Å²) in [5.41, 5.74) is 3.10. The molecule has 1 saturated carbocycles. The molecular weight excluding hydrogens is 466 g/mol. The summed E-state index contributed by atoms with van der Waals surface area (Å²) in [7, 11) is 1.37. The monoisotopic (exact) mass is 490 g/mol. The van der Waals surface area contributed by atoms with Gasteiger partial charge in [0.05, 0.1) is 30.6 Å². The summed E-state index contributed by atoms with van der Waals surface area (Å²) < 4.78 is 33.8. The van der Waals surface area contributed by atoms with Gasteiger partial charge in [0, 0.05) is 41.4 Å². The van der Waals surface area contributed by atoms with Gasteiger partial charge in [0.1, 0.15) is 11.6 Å². The Hall–Kier alpha value is -4.40. The molecule has 1 aromatic heterocycles. The first-order chi connectivity index (χ1) is 17.3. The molecule has 3 aromatic rings. The third-order valence-corrected chi connectivity index (χ3v) is 6.02. The summed E-state index contributed by atoms with van der Waals surface area (Å²) in [6.07, 6.45) is 4.94. The van der Waals surface area contributed by atoms with Crippen LogP contribution >= 0.6 is 0 Å². The molecule has 1 aliphatic rings. The fraction of sp³-hybridized carbons (Fsp3) is 0.185. The molecule has 4 rings (SSSR count). The number of halogens is 2. The number of rotatable bonds is 9. The van der Waals surface area contributed by atoms with Gasteiger partial charge in [-0.1, -0.05) is 24.3 Å². The number of hydrogen-bond donors (Lipinski definition) is 4. The summed E-state index contributed by atoms with van der Waals surface area (Å²) >= 11 is 0. The van der Waals surface area contributed by atoms with Gasteiger partial charge in [-0.05, 0) is 41.8 Å². The molecule has 0 radical (unpaired) electrons. The van der Waals surface area contributed by atoms with Crippen LogP contribution in [0.5, 0.6) is 0 Å². The van der Waals surface area contributed by atoms with E-state index >= 15 is 0 Å². The van der Waals surface area contributed by atoms with Crippen LogP contribution in [0.15, 0.2) is 66.9 Å². The lowest BCUT2D eigenvalue weighted by molar-refractivity contribution is -0.138. The molecule has 7 nitrogen and oxygen atoms in total. The quantitative estimate of drug-likeness (QED) is 0.237. The molecule has 0 saturated heterocycles. The van der Waals surface area contributed by atoms with Crippen LogP contribution < -0.4 is 5.32 Å². The van der Waals surface area contributed by atoms with Crippen LogP contribution in [0.3, 0.4) is 0 Å². The van der Waals surface area contributed by atoms with Gasteiger partial charge in [0.15, 0.2) is 0 Å². The van der Waals surface area contributed by atoms with Crippen LogP contribution in [-0.2, 0) is 16.1 Å². The zero-order chi connectivity index (χ0) is 25.8. The van der Waals surface area contributed by atoms with E-state index in [-0.39, 0.29) is 41.1 Å². The van der Waals surface area contributed by atoms with Crippen molar-refractivity contribution in [1.82, 2.24) is 4.98 Å². The standard InChI is InChI=1S/C27H24F2N4O3/c1-36-26(31)9-7-24(30)16-4-2-15(3-5-16)19-10-17(22(28)12-23(19)29)13-32-18-6-8-25(33-14-18)20-11-21(20)27(34)35/h2-10,12,14,20-21,30-32H,11,13H2,1H3,(H,34,35)/b9-7-,30-24?,31-26?/t20-,21-/m0/s1. The first-order valence-corrected chi connectivity index (χ1v) is 11.2. The summed E-state index contributed by atoms with van der Waals surface area (Å²) in [5, 5.41) is 27.6. The normalized spacial score (nSPS) is 16.5. The van der Waals surface area contributed by atoms with E-state index in [9.17, 15) is 13.6 Å². The van der Waals surface area contributed by atoms with E-state index in [1.54, 1.807) is 42.6 Å².